The number of hydrogen-bond acceptors (Lipinski definition) is 7. The van der Waals surface area contributed by atoms with Crippen LogP contribution >= 0.6 is 0 Å². The van der Waals surface area contributed by atoms with E-state index in [4.69, 9.17) is 4.74 Å². The number of ether oxygens (including phenoxy) is 1. The number of aldehydes is 1. The van der Waals surface area contributed by atoms with Crippen LogP contribution in [0.3, 0.4) is 0 Å². The van der Waals surface area contributed by atoms with Crippen LogP contribution in [0.15, 0.2) is 36.4 Å². The topological polar surface area (TPSA) is 120 Å². The molecular formula is C26H27F2N5O4. The van der Waals surface area contributed by atoms with Gasteiger partial charge in [0.15, 0.2) is 0 Å². The monoisotopic (exact) mass is 511 g/mol. The molecule has 0 bridgehead atoms. The summed E-state index contributed by atoms with van der Waals surface area (Å²) in [5.41, 5.74) is 0.395. The molecule has 3 aromatic rings. The Morgan fingerprint density at radius 1 is 1.27 bits per heavy atom. The molecule has 0 saturated carbocycles. The highest BCUT2D eigenvalue weighted by Gasteiger charge is 2.19. The first kappa shape index (κ1) is 27.3. The van der Waals surface area contributed by atoms with E-state index in [0.717, 1.165) is 12.1 Å². The maximum atomic E-state index is 13.9. The van der Waals surface area contributed by atoms with E-state index in [1.807, 2.05) is 14.1 Å². The normalized spacial score (nSPS) is 11.8. The zero-order valence-electron chi connectivity index (χ0n) is 20.8. The Balaban J connectivity index is 1.64. The zero-order chi connectivity index (χ0) is 27.2. The van der Waals surface area contributed by atoms with Crippen LogP contribution in [0, 0.1) is 23.5 Å². The number of rotatable bonds is 9. The van der Waals surface area contributed by atoms with Crippen molar-refractivity contribution in [1.29, 1.82) is 0 Å². The molecule has 2 aromatic carbocycles. The fourth-order valence-electron chi connectivity index (χ4n) is 3.14. The van der Waals surface area contributed by atoms with Gasteiger partial charge in [0.25, 0.3) is 5.91 Å². The second-order valence-corrected chi connectivity index (χ2v) is 8.93. The van der Waals surface area contributed by atoms with Crippen LogP contribution in [0.25, 0.3) is 0 Å². The summed E-state index contributed by atoms with van der Waals surface area (Å²) in [7, 11) is 3.63. The van der Waals surface area contributed by atoms with Gasteiger partial charge < -0.3 is 24.9 Å². The molecule has 1 amide bonds. The predicted octanol–water partition coefficient (Wildman–Crippen LogP) is 2.24. The van der Waals surface area contributed by atoms with Gasteiger partial charge in [-0.3, -0.25) is 9.89 Å². The molecule has 0 fully saturated rings. The average Bonchev–Trinajstić information content (AvgIpc) is 3.30. The Kier molecular flexibility index (Phi) is 8.57. The number of carbonyl (C=O) groups excluding carboxylic acids is 2. The van der Waals surface area contributed by atoms with Crippen molar-refractivity contribution in [2.24, 2.45) is 0 Å². The van der Waals surface area contributed by atoms with Gasteiger partial charge in [-0.25, -0.2) is 13.8 Å². The van der Waals surface area contributed by atoms with E-state index in [-0.39, 0.29) is 30.2 Å². The second-order valence-electron chi connectivity index (χ2n) is 8.93. The highest BCUT2D eigenvalue weighted by atomic mass is 19.1. The number of aromatic nitrogens is 3. The van der Waals surface area contributed by atoms with Crippen LogP contribution in [0.5, 0.6) is 5.75 Å². The van der Waals surface area contributed by atoms with Gasteiger partial charge in [0.05, 0.1) is 5.69 Å². The van der Waals surface area contributed by atoms with Crippen molar-refractivity contribution in [3.63, 3.8) is 0 Å². The smallest absolute Gasteiger partial charge is 0.291 e. The minimum absolute atomic E-state index is 0.0316. The Morgan fingerprint density at radius 2 is 2.03 bits per heavy atom. The van der Waals surface area contributed by atoms with Gasteiger partial charge in [-0.2, -0.15) is 0 Å². The summed E-state index contributed by atoms with van der Waals surface area (Å²) in [4.78, 5) is 30.0. The number of halogens is 2. The quantitative estimate of drug-likeness (QED) is 0.298. The number of hydrogen-bond donors (Lipinski definition) is 3. The third kappa shape index (κ3) is 7.85. The van der Waals surface area contributed by atoms with Gasteiger partial charge >= 0.3 is 0 Å². The number of amides is 1. The van der Waals surface area contributed by atoms with Crippen molar-refractivity contribution < 1.29 is 28.2 Å². The molecule has 194 valence electrons. The molecule has 1 aromatic heterocycles. The molecule has 0 radical (unpaired) electrons. The van der Waals surface area contributed by atoms with Gasteiger partial charge in [0.2, 0.25) is 5.82 Å². The fraction of sp³-hybridized carbons (Fsp3) is 0.308. The average molecular weight is 512 g/mol. The first-order chi connectivity index (χ1) is 17.4. The summed E-state index contributed by atoms with van der Waals surface area (Å²) in [6.45, 7) is 3.01. The van der Waals surface area contributed by atoms with Crippen LogP contribution in [0.1, 0.15) is 41.4 Å². The number of carbonyl (C=O) groups is 2. The first-order valence-electron chi connectivity index (χ1n) is 11.3. The van der Waals surface area contributed by atoms with Crippen LogP contribution in [0.2, 0.25) is 0 Å². The van der Waals surface area contributed by atoms with Gasteiger partial charge in [-0.1, -0.05) is 17.9 Å². The Bertz CT molecular complexity index is 1340. The summed E-state index contributed by atoms with van der Waals surface area (Å²) in [6, 6.07) is 7.33. The van der Waals surface area contributed by atoms with E-state index in [9.17, 15) is 23.5 Å². The van der Waals surface area contributed by atoms with Crippen molar-refractivity contribution >= 4 is 17.9 Å². The predicted molar refractivity (Wildman–Crippen MR) is 132 cm³/mol. The molecule has 3 rings (SSSR count). The van der Waals surface area contributed by atoms with E-state index in [1.165, 1.54) is 6.07 Å². The first-order valence-corrected chi connectivity index (χ1v) is 11.3. The summed E-state index contributed by atoms with van der Waals surface area (Å²) in [6.07, 6.45) is 0.494. The molecule has 1 atom stereocenters. The fourth-order valence-corrected chi connectivity index (χ4v) is 3.14. The highest BCUT2D eigenvalue weighted by Crippen LogP contribution is 2.28. The van der Waals surface area contributed by atoms with Crippen LogP contribution in [0.4, 0.5) is 14.5 Å². The maximum absolute atomic E-state index is 13.9. The van der Waals surface area contributed by atoms with Gasteiger partial charge in [0.1, 0.15) is 47.7 Å². The Labute approximate surface area is 212 Å². The van der Waals surface area contributed by atoms with Gasteiger partial charge in [-0.15, -0.1) is 5.10 Å². The maximum Gasteiger partial charge on any atom is 0.291 e. The van der Waals surface area contributed by atoms with Crippen molar-refractivity contribution in [2.45, 2.75) is 31.9 Å². The van der Waals surface area contributed by atoms with Crippen molar-refractivity contribution in [2.75, 3.05) is 25.6 Å². The number of nitrogens with zero attached hydrogens (tertiary/aromatic N) is 3. The molecule has 0 aliphatic heterocycles. The molecule has 0 aliphatic rings. The number of anilines is 1. The molecule has 3 N–H and O–H groups in total. The van der Waals surface area contributed by atoms with Gasteiger partial charge in [0, 0.05) is 32.1 Å². The summed E-state index contributed by atoms with van der Waals surface area (Å²) >= 11 is 0. The minimum Gasteiger partial charge on any atom is -0.489 e. The van der Waals surface area contributed by atoms with E-state index in [2.05, 4.69) is 32.3 Å². The standard InChI is InChI=1S/C26H27F2N5O4/c1-26(2,36)10-9-16-5-8-22(21(11-16)33(3)4)37-15-19(14-34)29-25(35)24-30-23(31-32-24)12-17-6-7-18(27)13-20(17)28/h5-8,11,13-14,19,36H,12,15H2,1-4H3,(H,29,35)(H,30,31,32). The molecule has 0 saturated heterocycles. The molecule has 0 spiro atoms. The largest absolute Gasteiger partial charge is 0.489 e. The summed E-state index contributed by atoms with van der Waals surface area (Å²) in [5, 5.41) is 18.6. The SMILES string of the molecule is CN(C)c1cc(C#CC(C)(C)O)ccc1OCC(C=O)NC(=O)c1n[nH]c(Cc2ccc(F)cc2F)n1. The number of nitrogens with one attached hydrogen (secondary N) is 2. The number of aliphatic hydroxyl groups is 1. The lowest BCUT2D eigenvalue weighted by Gasteiger charge is -2.20. The van der Waals surface area contributed by atoms with Crippen molar-refractivity contribution in [3.05, 3.63) is 70.8 Å². The Morgan fingerprint density at radius 3 is 2.68 bits per heavy atom. The third-order valence-electron chi connectivity index (χ3n) is 4.96. The summed E-state index contributed by atoms with van der Waals surface area (Å²) in [5.74, 6) is 3.89. The lowest BCUT2D eigenvalue weighted by atomic mass is 10.1. The molecular weight excluding hydrogens is 484 g/mol. The van der Waals surface area contributed by atoms with E-state index >= 15 is 0 Å². The molecule has 11 heteroatoms. The van der Waals surface area contributed by atoms with Crippen LogP contribution in [-0.2, 0) is 11.2 Å². The lowest BCUT2D eigenvalue weighted by Crippen LogP contribution is -2.40. The molecule has 9 nitrogen and oxygen atoms in total. The van der Waals surface area contributed by atoms with E-state index in [0.29, 0.717) is 23.3 Å². The van der Waals surface area contributed by atoms with Gasteiger partial charge in [-0.05, 0) is 43.7 Å². The Hall–Kier alpha value is -4.30. The summed E-state index contributed by atoms with van der Waals surface area (Å²) < 4.78 is 32.8. The van der Waals surface area contributed by atoms with Crippen molar-refractivity contribution in [3.8, 4) is 17.6 Å². The number of H-pyrrole nitrogens is 1. The zero-order valence-corrected chi connectivity index (χ0v) is 20.8. The van der Waals surface area contributed by atoms with Crippen molar-refractivity contribution in [1.82, 2.24) is 20.5 Å². The van der Waals surface area contributed by atoms with Crippen LogP contribution in [-0.4, -0.2) is 64.8 Å². The van der Waals surface area contributed by atoms with Crippen LogP contribution < -0.4 is 15.0 Å². The molecule has 0 aliphatic carbocycles. The second kappa shape index (κ2) is 11.6. The molecule has 1 heterocycles. The van der Waals surface area contributed by atoms with E-state index in [1.54, 1.807) is 36.9 Å². The minimum atomic E-state index is -1.13. The highest BCUT2D eigenvalue weighted by molar-refractivity contribution is 5.92. The lowest BCUT2D eigenvalue weighted by molar-refractivity contribution is -0.110. The third-order valence-corrected chi connectivity index (χ3v) is 4.96. The molecule has 37 heavy (non-hydrogen) atoms. The number of aromatic amines is 1. The molecule has 1 unspecified atom stereocenters. The van der Waals surface area contributed by atoms with E-state index < -0.39 is 29.2 Å². The number of benzene rings is 2.